The first-order chi connectivity index (χ1) is 7.52. The molecule has 1 fully saturated rings. The smallest absolute Gasteiger partial charge is 0.250 e. The molecule has 0 saturated carbocycles. The van der Waals surface area contributed by atoms with Crippen molar-refractivity contribution in [3.05, 3.63) is 0 Å². The third kappa shape index (κ3) is 2.08. The zero-order valence-corrected chi connectivity index (χ0v) is 11.2. The van der Waals surface area contributed by atoms with E-state index in [9.17, 15) is 15.2 Å². The van der Waals surface area contributed by atoms with Gasteiger partial charge in [-0.1, -0.05) is 13.8 Å². The number of hydroxylamine groups is 4. The van der Waals surface area contributed by atoms with E-state index in [0.717, 1.165) is 10.1 Å². The molecule has 0 spiro atoms. The number of amides is 1. The molecule has 0 aromatic heterocycles. The number of carbonyl (C=O) groups is 1. The summed E-state index contributed by atoms with van der Waals surface area (Å²) in [5, 5.41) is 21.9. The second-order valence-electron chi connectivity index (χ2n) is 5.61. The first-order valence-electron chi connectivity index (χ1n) is 5.64. The maximum atomic E-state index is 11.6. The second kappa shape index (κ2) is 4.04. The number of nitrogens with zero attached hydrogens (tertiary/aromatic N) is 3. The summed E-state index contributed by atoms with van der Waals surface area (Å²) in [6, 6.07) is 0. The topological polar surface area (TPSA) is 76.4 Å². The monoisotopic (exact) mass is 243 g/mol. The molecule has 6 heteroatoms. The third-order valence-corrected chi connectivity index (χ3v) is 3.02. The first kappa shape index (κ1) is 14.1. The van der Waals surface area contributed by atoms with Crippen molar-refractivity contribution < 1.29 is 15.2 Å². The Hall–Kier alpha value is -0.980. The first-order valence-corrected chi connectivity index (χ1v) is 5.64. The Morgan fingerprint density at radius 1 is 1.24 bits per heavy atom. The standard InChI is InChI=1S/C11H21N3O3/c1-7(2)8(15)12-9-10(3,4)14(17)11(5,6)13(9)16/h7,16-17H,1-6H3. The van der Waals surface area contributed by atoms with Gasteiger partial charge in [0.05, 0.1) is 0 Å². The van der Waals surface area contributed by atoms with Gasteiger partial charge in [0.2, 0.25) is 5.91 Å². The summed E-state index contributed by atoms with van der Waals surface area (Å²) in [5.74, 6) is -0.413. The normalized spacial score (nSPS) is 25.9. The molecule has 0 aromatic rings. The van der Waals surface area contributed by atoms with Crippen molar-refractivity contribution in [3.8, 4) is 0 Å². The fourth-order valence-corrected chi connectivity index (χ4v) is 1.80. The van der Waals surface area contributed by atoms with Crippen molar-refractivity contribution in [1.82, 2.24) is 10.1 Å². The van der Waals surface area contributed by atoms with Gasteiger partial charge in [0.1, 0.15) is 11.2 Å². The van der Waals surface area contributed by atoms with Crippen molar-refractivity contribution in [3.63, 3.8) is 0 Å². The highest BCUT2D eigenvalue weighted by molar-refractivity contribution is 6.00. The lowest BCUT2D eigenvalue weighted by Crippen LogP contribution is -2.49. The minimum absolute atomic E-state index is 0.156. The number of hydrogen-bond acceptors (Lipinski definition) is 4. The SMILES string of the molecule is CC(C)C(=O)N=C1N(O)C(C)(C)N(O)C1(C)C. The number of carbonyl (C=O) groups excluding carboxylic acids is 1. The van der Waals surface area contributed by atoms with Gasteiger partial charge in [-0.2, -0.15) is 10.1 Å². The van der Waals surface area contributed by atoms with E-state index in [4.69, 9.17) is 0 Å². The van der Waals surface area contributed by atoms with Crippen LogP contribution in [-0.4, -0.2) is 43.5 Å². The molecule has 17 heavy (non-hydrogen) atoms. The fraction of sp³-hybridized carbons (Fsp3) is 0.818. The molecule has 1 aliphatic rings. The molecular formula is C11H21N3O3. The van der Waals surface area contributed by atoms with Crippen LogP contribution in [0.1, 0.15) is 41.5 Å². The lowest BCUT2D eigenvalue weighted by atomic mass is 10.0. The van der Waals surface area contributed by atoms with Crippen LogP contribution in [0.15, 0.2) is 4.99 Å². The molecule has 6 nitrogen and oxygen atoms in total. The maximum absolute atomic E-state index is 11.6. The zero-order valence-electron chi connectivity index (χ0n) is 11.2. The summed E-state index contributed by atoms with van der Waals surface area (Å²) in [6.45, 7) is 10.1. The number of aliphatic imine (C=N–C) groups is 1. The number of rotatable bonds is 1. The molecule has 2 N–H and O–H groups in total. The van der Waals surface area contributed by atoms with Crippen LogP contribution in [0.2, 0.25) is 0 Å². The van der Waals surface area contributed by atoms with Crippen LogP contribution in [0, 0.1) is 5.92 Å². The van der Waals surface area contributed by atoms with Crippen molar-refractivity contribution in [1.29, 1.82) is 0 Å². The molecule has 0 radical (unpaired) electrons. The number of amidine groups is 1. The molecule has 0 atom stereocenters. The van der Waals surface area contributed by atoms with Crippen LogP contribution in [0.3, 0.4) is 0 Å². The van der Waals surface area contributed by atoms with Gasteiger partial charge in [0.15, 0.2) is 5.84 Å². The van der Waals surface area contributed by atoms with Crippen molar-refractivity contribution in [2.24, 2.45) is 10.9 Å². The highest BCUT2D eigenvalue weighted by Crippen LogP contribution is 2.36. The number of hydrogen-bond donors (Lipinski definition) is 2. The fourth-order valence-electron chi connectivity index (χ4n) is 1.80. The van der Waals surface area contributed by atoms with E-state index >= 15 is 0 Å². The maximum Gasteiger partial charge on any atom is 0.250 e. The lowest BCUT2D eigenvalue weighted by molar-refractivity contribution is -0.253. The summed E-state index contributed by atoms with van der Waals surface area (Å²) < 4.78 is 0. The summed E-state index contributed by atoms with van der Waals surface area (Å²) in [5.41, 5.74) is -1.93. The molecule has 0 unspecified atom stereocenters. The van der Waals surface area contributed by atoms with Crippen LogP contribution < -0.4 is 0 Å². The van der Waals surface area contributed by atoms with Gasteiger partial charge >= 0.3 is 0 Å². The van der Waals surface area contributed by atoms with Gasteiger partial charge in [0, 0.05) is 5.92 Å². The van der Waals surface area contributed by atoms with Crippen molar-refractivity contribution in [2.75, 3.05) is 0 Å². The molecule has 1 amide bonds. The Morgan fingerprint density at radius 3 is 2.00 bits per heavy atom. The quantitative estimate of drug-likeness (QED) is 0.729. The lowest BCUT2D eigenvalue weighted by Gasteiger charge is -2.32. The Kier molecular flexibility index (Phi) is 3.35. The zero-order chi connectivity index (χ0) is 13.6. The summed E-state index contributed by atoms with van der Waals surface area (Å²) in [6.07, 6.45) is 0. The summed E-state index contributed by atoms with van der Waals surface area (Å²) in [4.78, 5) is 15.5. The van der Waals surface area contributed by atoms with Gasteiger partial charge in [-0.25, -0.2) is 5.06 Å². The van der Waals surface area contributed by atoms with Crippen LogP contribution in [-0.2, 0) is 4.79 Å². The highest BCUT2D eigenvalue weighted by Gasteiger charge is 2.55. The van der Waals surface area contributed by atoms with Gasteiger partial charge in [-0.15, -0.1) is 0 Å². The van der Waals surface area contributed by atoms with Gasteiger partial charge in [-0.05, 0) is 27.7 Å². The molecule has 1 rings (SSSR count). The van der Waals surface area contributed by atoms with E-state index in [-0.39, 0.29) is 17.7 Å². The third-order valence-electron chi connectivity index (χ3n) is 3.02. The van der Waals surface area contributed by atoms with E-state index in [1.54, 1.807) is 41.5 Å². The molecule has 98 valence electrons. The summed E-state index contributed by atoms with van der Waals surface area (Å²) >= 11 is 0. The Labute approximate surface area is 101 Å². The Balaban J connectivity index is 3.21. The Morgan fingerprint density at radius 2 is 1.71 bits per heavy atom. The van der Waals surface area contributed by atoms with Crippen molar-refractivity contribution >= 4 is 11.7 Å². The minimum Gasteiger partial charge on any atom is -0.311 e. The average molecular weight is 243 g/mol. The molecule has 1 aliphatic heterocycles. The van der Waals surface area contributed by atoms with Gasteiger partial charge < -0.3 is 5.21 Å². The van der Waals surface area contributed by atoms with Crippen LogP contribution in [0.5, 0.6) is 0 Å². The molecule has 1 heterocycles. The predicted octanol–water partition coefficient (Wildman–Crippen LogP) is 1.48. The van der Waals surface area contributed by atoms with Crippen LogP contribution >= 0.6 is 0 Å². The largest absolute Gasteiger partial charge is 0.311 e. The van der Waals surface area contributed by atoms with E-state index in [1.807, 2.05) is 0 Å². The second-order valence-corrected chi connectivity index (χ2v) is 5.61. The van der Waals surface area contributed by atoms with Crippen LogP contribution in [0.25, 0.3) is 0 Å². The molecule has 0 aliphatic carbocycles. The van der Waals surface area contributed by atoms with E-state index in [1.165, 1.54) is 0 Å². The predicted molar refractivity (Wildman–Crippen MR) is 62.7 cm³/mol. The highest BCUT2D eigenvalue weighted by atomic mass is 16.6. The van der Waals surface area contributed by atoms with Gasteiger partial charge in [0.25, 0.3) is 0 Å². The van der Waals surface area contributed by atoms with Gasteiger partial charge in [-0.3, -0.25) is 10.0 Å². The summed E-state index contributed by atoms with van der Waals surface area (Å²) in [7, 11) is 0. The van der Waals surface area contributed by atoms with E-state index in [0.29, 0.717) is 0 Å². The van der Waals surface area contributed by atoms with E-state index < -0.39 is 11.2 Å². The molecule has 1 saturated heterocycles. The Bertz CT molecular complexity index is 361. The minimum atomic E-state index is -1.01. The average Bonchev–Trinajstić information content (AvgIpc) is 2.31. The van der Waals surface area contributed by atoms with Crippen molar-refractivity contribution in [2.45, 2.75) is 52.7 Å². The molecule has 0 bridgehead atoms. The van der Waals surface area contributed by atoms with E-state index in [2.05, 4.69) is 4.99 Å². The molecule has 0 aromatic carbocycles. The molecular weight excluding hydrogens is 222 g/mol. The van der Waals surface area contributed by atoms with Crippen LogP contribution in [0.4, 0.5) is 0 Å².